The quantitative estimate of drug-likeness (QED) is 0.792. The zero-order chi connectivity index (χ0) is 13.7. The largest absolute Gasteiger partial charge is 0.370 e. The van der Waals surface area contributed by atoms with Crippen LogP contribution in [-0.4, -0.2) is 22.5 Å². The van der Waals surface area contributed by atoms with Gasteiger partial charge in [-0.25, -0.2) is 0 Å². The van der Waals surface area contributed by atoms with Crippen molar-refractivity contribution in [1.29, 1.82) is 0 Å². The predicted molar refractivity (Wildman–Crippen MR) is 69.6 cm³/mol. The maximum Gasteiger partial charge on any atom is 0.234 e. The molecule has 106 valence electrons. The van der Waals surface area contributed by atoms with Crippen LogP contribution in [0.25, 0.3) is 0 Å². The molecule has 2 rings (SSSR count). The highest BCUT2D eigenvalue weighted by Crippen LogP contribution is 2.35. The summed E-state index contributed by atoms with van der Waals surface area (Å²) in [6, 6.07) is 0. The third kappa shape index (κ3) is 3.86. The lowest BCUT2D eigenvalue weighted by atomic mass is 9.85. The number of ketones is 1. The number of aromatic nitrogens is 2. The highest BCUT2D eigenvalue weighted by atomic mass is 16.5. The van der Waals surface area contributed by atoms with E-state index in [1.807, 2.05) is 6.92 Å². The molecule has 1 heterocycles. The van der Waals surface area contributed by atoms with E-state index in [1.165, 1.54) is 26.2 Å². The first-order valence-electron chi connectivity index (χ1n) is 7.14. The van der Waals surface area contributed by atoms with Gasteiger partial charge in [0.2, 0.25) is 11.7 Å². The molecule has 5 nitrogen and oxygen atoms in total. The van der Waals surface area contributed by atoms with E-state index >= 15 is 0 Å². The fourth-order valence-corrected chi connectivity index (χ4v) is 2.71. The maximum atomic E-state index is 11.1. The van der Waals surface area contributed by atoms with Gasteiger partial charge < -0.3 is 9.26 Å². The Labute approximate surface area is 113 Å². The summed E-state index contributed by atoms with van der Waals surface area (Å²) in [4.78, 5) is 15.4. The van der Waals surface area contributed by atoms with Crippen molar-refractivity contribution in [2.45, 2.75) is 58.5 Å². The Balaban J connectivity index is 2.08. The molecule has 0 bridgehead atoms. The Morgan fingerprint density at radius 2 is 2.16 bits per heavy atom. The summed E-state index contributed by atoms with van der Waals surface area (Å²) in [5.41, 5.74) is 0. The van der Waals surface area contributed by atoms with E-state index in [2.05, 4.69) is 10.1 Å². The van der Waals surface area contributed by atoms with Crippen molar-refractivity contribution in [3.05, 3.63) is 11.7 Å². The second kappa shape index (κ2) is 6.80. The average molecular weight is 266 g/mol. The number of carbonyl (C=O) groups is 1. The van der Waals surface area contributed by atoms with Crippen LogP contribution in [0.1, 0.15) is 63.8 Å². The summed E-state index contributed by atoms with van der Waals surface area (Å²) in [7, 11) is 0. The van der Waals surface area contributed by atoms with Crippen LogP contribution in [-0.2, 0) is 16.0 Å². The van der Waals surface area contributed by atoms with Gasteiger partial charge in [0.1, 0.15) is 11.9 Å². The van der Waals surface area contributed by atoms with Gasteiger partial charge in [-0.1, -0.05) is 24.4 Å². The molecular weight excluding hydrogens is 244 g/mol. The summed E-state index contributed by atoms with van der Waals surface area (Å²) < 4.78 is 10.9. The maximum absolute atomic E-state index is 11.1. The van der Waals surface area contributed by atoms with Gasteiger partial charge in [-0.3, -0.25) is 4.79 Å². The van der Waals surface area contributed by atoms with Gasteiger partial charge in [-0.05, 0) is 32.6 Å². The SMILES string of the molecule is CCOC(c1noc(CC(C)=O)n1)C1CCCCC1. The molecule has 1 aliphatic rings. The van der Waals surface area contributed by atoms with Crippen molar-refractivity contribution in [3.8, 4) is 0 Å². The number of hydrogen-bond acceptors (Lipinski definition) is 5. The van der Waals surface area contributed by atoms with E-state index in [-0.39, 0.29) is 18.3 Å². The third-order valence-electron chi connectivity index (χ3n) is 3.56. The van der Waals surface area contributed by atoms with Crippen molar-refractivity contribution in [3.63, 3.8) is 0 Å². The molecule has 0 saturated heterocycles. The Morgan fingerprint density at radius 3 is 2.79 bits per heavy atom. The fraction of sp³-hybridized carbons (Fsp3) is 0.786. The topological polar surface area (TPSA) is 65.2 Å². The van der Waals surface area contributed by atoms with E-state index in [1.54, 1.807) is 0 Å². The molecule has 0 aliphatic heterocycles. The molecule has 0 N–H and O–H groups in total. The smallest absolute Gasteiger partial charge is 0.234 e. The summed E-state index contributed by atoms with van der Waals surface area (Å²) in [5, 5.41) is 4.00. The molecule has 1 unspecified atom stereocenters. The Kier molecular flexibility index (Phi) is 5.07. The molecule has 0 spiro atoms. The fourth-order valence-electron chi connectivity index (χ4n) is 2.71. The van der Waals surface area contributed by atoms with Gasteiger partial charge in [-0.2, -0.15) is 4.98 Å². The number of nitrogens with zero attached hydrogens (tertiary/aromatic N) is 2. The zero-order valence-corrected chi connectivity index (χ0v) is 11.7. The molecule has 0 amide bonds. The molecule has 1 saturated carbocycles. The van der Waals surface area contributed by atoms with Crippen LogP contribution in [0.5, 0.6) is 0 Å². The number of Topliss-reactive ketones (excluding diaryl/α,β-unsaturated/α-hetero) is 1. The molecule has 1 atom stereocenters. The summed E-state index contributed by atoms with van der Waals surface area (Å²) in [5.74, 6) is 1.49. The first-order valence-corrected chi connectivity index (χ1v) is 7.14. The van der Waals surface area contributed by atoms with Crippen molar-refractivity contribution < 1.29 is 14.1 Å². The summed E-state index contributed by atoms with van der Waals surface area (Å²) >= 11 is 0. The normalized spacial score (nSPS) is 18.4. The molecule has 1 aromatic heterocycles. The van der Waals surface area contributed by atoms with E-state index in [0.29, 0.717) is 24.2 Å². The van der Waals surface area contributed by atoms with Crippen molar-refractivity contribution in [2.24, 2.45) is 5.92 Å². The van der Waals surface area contributed by atoms with Gasteiger partial charge in [-0.15, -0.1) is 0 Å². The van der Waals surface area contributed by atoms with Gasteiger partial charge in [0.15, 0.2) is 0 Å². The number of rotatable bonds is 6. The number of hydrogen-bond donors (Lipinski definition) is 0. The van der Waals surface area contributed by atoms with Crippen LogP contribution < -0.4 is 0 Å². The van der Waals surface area contributed by atoms with Crippen LogP contribution in [0, 0.1) is 5.92 Å². The molecule has 1 aliphatic carbocycles. The van der Waals surface area contributed by atoms with Crippen LogP contribution in [0.4, 0.5) is 0 Å². The number of ether oxygens (including phenoxy) is 1. The minimum absolute atomic E-state index is 0.0285. The molecule has 0 radical (unpaired) electrons. The van der Waals surface area contributed by atoms with Crippen molar-refractivity contribution in [2.75, 3.05) is 6.61 Å². The van der Waals surface area contributed by atoms with E-state index < -0.39 is 0 Å². The standard InChI is InChI=1S/C14H22N2O3/c1-3-18-13(11-7-5-4-6-8-11)14-15-12(19-16-14)9-10(2)17/h11,13H,3-9H2,1-2H3. The van der Waals surface area contributed by atoms with Crippen LogP contribution in [0.3, 0.4) is 0 Å². The van der Waals surface area contributed by atoms with Crippen LogP contribution in [0.15, 0.2) is 4.52 Å². The Bertz CT molecular complexity index is 411. The molecule has 1 fully saturated rings. The van der Waals surface area contributed by atoms with Crippen molar-refractivity contribution in [1.82, 2.24) is 10.1 Å². The highest BCUT2D eigenvalue weighted by molar-refractivity contribution is 5.77. The summed E-state index contributed by atoms with van der Waals surface area (Å²) in [6.45, 7) is 4.13. The highest BCUT2D eigenvalue weighted by Gasteiger charge is 2.29. The average Bonchev–Trinajstić information content (AvgIpc) is 2.84. The molecule has 19 heavy (non-hydrogen) atoms. The lowest BCUT2D eigenvalue weighted by Crippen LogP contribution is -2.20. The second-order valence-corrected chi connectivity index (χ2v) is 5.20. The lowest BCUT2D eigenvalue weighted by molar-refractivity contribution is -0.116. The van der Waals surface area contributed by atoms with Gasteiger partial charge in [0.05, 0.1) is 6.42 Å². The van der Waals surface area contributed by atoms with Crippen LogP contribution >= 0.6 is 0 Å². The Morgan fingerprint density at radius 1 is 1.42 bits per heavy atom. The molecular formula is C14H22N2O3. The van der Waals surface area contributed by atoms with E-state index in [0.717, 1.165) is 12.8 Å². The first kappa shape index (κ1) is 14.2. The first-order chi connectivity index (χ1) is 9.20. The minimum Gasteiger partial charge on any atom is -0.370 e. The molecule has 5 heteroatoms. The lowest BCUT2D eigenvalue weighted by Gasteiger charge is -2.27. The molecule has 1 aromatic rings. The second-order valence-electron chi connectivity index (χ2n) is 5.20. The van der Waals surface area contributed by atoms with E-state index in [4.69, 9.17) is 9.26 Å². The third-order valence-corrected chi connectivity index (χ3v) is 3.56. The molecule has 0 aromatic carbocycles. The zero-order valence-electron chi connectivity index (χ0n) is 11.7. The minimum atomic E-state index is -0.0882. The van der Waals surface area contributed by atoms with E-state index in [9.17, 15) is 4.79 Å². The monoisotopic (exact) mass is 266 g/mol. The predicted octanol–water partition coefficient (Wildman–Crippen LogP) is 2.86. The van der Waals surface area contributed by atoms with Gasteiger partial charge >= 0.3 is 0 Å². The van der Waals surface area contributed by atoms with Gasteiger partial charge in [0, 0.05) is 6.61 Å². The van der Waals surface area contributed by atoms with Crippen molar-refractivity contribution >= 4 is 5.78 Å². The Hall–Kier alpha value is -1.23. The number of carbonyl (C=O) groups excluding carboxylic acids is 1. The summed E-state index contributed by atoms with van der Waals surface area (Å²) in [6.07, 6.45) is 6.21. The van der Waals surface area contributed by atoms with Crippen LogP contribution in [0.2, 0.25) is 0 Å². The van der Waals surface area contributed by atoms with Gasteiger partial charge in [0.25, 0.3) is 0 Å².